The molecule has 2 aromatic carbocycles. The van der Waals surface area contributed by atoms with Crippen molar-refractivity contribution in [2.24, 2.45) is 0 Å². The molecule has 22 heavy (non-hydrogen) atoms. The zero-order valence-corrected chi connectivity index (χ0v) is 12.9. The van der Waals surface area contributed by atoms with E-state index in [-0.39, 0.29) is 5.91 Å². The maximum Gasteiger partial charge on any atom is 0.246 e. The predicted octanol–water partition coefficient (Wildman–Crippen LogP) is 3.52. The van der Waals surface area contributed by atoms with E-state index in [1.54, 1.807) is 24.3 Å². The number of benzene rings is 2. The molecule has 3 rings (SSSR count). The van der Waals surface area contributed by atoms with Crippen LogP contribution in [0.4, 0.5) is 5.69 Å². The van der Waals surface area contributed by atoms with Crippen LogP contribution in [-0.2, 0) is 17.8 Å². The van der Waals surface area contributed by atoms with Gasteiger partial charge in [0.15, 0.2) is 0 Å². The normalized spacial score (nSPS) is 14.1. The van der Waals surface area contributed by atoms with Gasteiger partial charge in [0.2, 0.25) is 5.91 Å². The van der Waals surface area contributed by atoms with Crippen molar-refractivity contribution in [3.05, 3.63) is 70.3 Å². The van der Waals surface area contributed by atoms with Crippen molar-refractivity contribution in [1.29, 1.82) is 0 Å². The van der Waals surface area contributed by atoms with E-state index in [0.717, 1.165) is 18.5 Å². The van der Waals surface area contributed by atoms with Crippen LogP contribution in [0.3, 0.4) is 0 Å². The Labute approximate surface area is 135 Å². The standard InChI is InChI=1S/C18H17ClN2O/c19-16-7-5-13(11-17(16)20)6-8-18(22)21-10-9-14-3-1-2-4-15(14)12-21/h1-8,11H,9-10,12,20H2/b8-6+. The number of nitrogen functional groups attached to an aromatic ring is 1. The summed E-state index contributed by atoms with van der Waals surface area (Å²) in [5, 5.41) is 0.524. The number of nitrogens with zero attached hydrogens (tertiary/aromatic N) is 1. The highest BCUT2D eigenvalue weighted by molar-refractivity contribution is 6.33. The Kier molecular flexibility index (Phi) is 4.16. The Morgan fingerprint density at radius 1 is 1.18 bits per heavy atom. The highest BCUT2D eigenvalue weighted by Gasteiger charge is 2.18. The summed E-state index contributed by atoms with van der Waals surface area (Å²) in [5.41, 5.74) is 9.71. The Morgan fingerprint density at radius 2 is 1.95 bits per heavy atom. The highest BCUT2D eigenvalue weighted by Crippen LogP contribution is 2.21. The van der Waals surface area contributed by atoms with E-state index in [2.05, 4.69) is 12.1 Å². The zero-order chi connectivity index (χ0) is 15.5. The molecule has 1 aliphatic heterocycles. The lowest BCUT2D eigenvalue weighted by Crippen LogP contribution is -2.34. The van der Waals surface area contributed by atoms with Crippen LogP contribution in [0, 0.1) is 0 Å². The van der Waals surface area contributed by atoms with E-state index < -0.39 is 0 Å². The summed E-state index contributed by atoms with van der Waals surface area (Å²) in [7, 11) is 0. The molecule has 1 amide bonds. The van der Waals surface area contributed by atoms with E-state index in [1.807, 2.05) is 23.1 Å². The molecule has 4 heteroatoms. The van der Waals surface area contributed by atoms with Gasteiger partial charge in [0.1, 0.15) is 0 Å². The van der Waals surface area contributed by atoms with Gasteiger partial charge < -0.3 is 10.6 Å². The maximum atomic E-state index is 12.3. The number of halogens is 1. The van der Waals surface area contributed by atoms with Gasteiger partial charge in [-0.05, 0) is 41.3 Å². The number of rotatable bonds is 2. The number of anilines is 1. The van der Waals surface area contributed by atoms with Gasteiger partial charge in [0.05, 0.1) is 10.7 Å². The molecule has 0 fully saturated rings. The minimum absolute atomic E-state index is 0.0167. The number of amides is 1. The molecule has 0 saturated heterocycles. The van der Waals surface area contributed by atoms with Crippen molar-refractivity contribution in [2.45, 2.75) is 13.0 Å². The molecule has 1 heterocycles. The second-order valence-corrected chi connectivity index (χ2v) is 5.80. The van der Waals surface area contributed by atoms with Gasteiger partial charge in [0, 0.05) is 19.2 Å². The fraction of sp³-hybridized carbons (Fsp3) is 0.167. The van der Waals surface area contributed by atoms with E-state index in [4.69, 9.17) is 17.3 Å². The molecule has 2 N–H and O–H groups in total. The van der Waals surface area contributed by atoms with Crippen LogP contribution in [0.1, 0.15) is 16.7 Å². The maximum absolute atomic E-state index is 12.3. The Hall–Kier alpha value is -2.26. The molecular formula is C18H17ClN2O. The minimum atomic E-state index is 0.0167. The number of carbonyl (C=O) groups excluding carboxylic acids is 1. The molecule has 0 radical (unpaired) electrons. The van der Waals surface area contributed by atoms with Gasteiger partial charge >= 0.3 is 0 Å². The average Bonchev–Trinajstić information content (AvgIpc) is 2.55. The third kappa shape index (κ3) is 3.15. The summed E-state index contributed by atoms with van der Waals surface area (Å²) in [4.78, 5) is 14.2. The number of hydrogen-bond acceptors (Lipinski definition) is 2. The topological polar surface area (TPSA) is 46.3 Å². The van der Waals surface area contributed by atoms with Gasteiger partial charge in [-0.1, -0.05) is 41.9 Å². The van der Waals surface area contributed by atoms with Crippen molar-refractivity contribution in [2.75, 3.05) is 12.3 Å². The number of nitrogens with two attached hydrogens (primary N) is 1. The summed E-state index contributed by atoms with van der Waals surface area (Å²) in [6.45, 7) is 1.42. The Balaban J connectivity index is 1.70. The van der Waals surface area contributed by atoms with Crippen molar-refractivity contribution in [3.63, 3.8) is 0 Å². The summed E-state index contributed by atoms with van der Waals surface area (Å²) in [6, 6.07) is 13.6. The van der Waals surface area contributed by atoms with Crippen LogP contribution in [-0.4, -0.2) is 17.4 Å². The summed E-state index contributed by atoms with van der Waals surface area (Å²) < 4.78 is 0. The summed E-state index contributed by atoms with van der Waals surface area (Å²) in [5.74, 6) is 0.0167. The van der Waals surface area contributed by atoms with Crippen LogP contribution in [0.5, 0.6) is 0 Å². The highest BCUT2D eigenvalue weighted by atomic mass is 35.5. The lowest BCUT2D eigenvalue weighted by atomic mass is 10.00. The second kappa shape index (κ2) is 6.24. The van der Waals surface area contributed by atoms with Crippen molar-refractivity contribution in [1.82, 2.24) is 4.90 Å². The third-order valence-corrected chi connectivity index (χ3v) is 4.22. The van der Waals surface area contributed by atoms with Crippen molar-refractivity contribution in [3.8, 4) is 0 Å². The Bertz CT molecular complexity index is 740. The predicted molar refractivity (Wildman–Crippen MR) is 90.5 cm³/mol. The van der Waals surface area contributed by atoms with Crippen LogP contribution in [0.2, 0.25) is 5.02 Å². The first-order valence-electron chi connectivity index (χ1n) is 7.22. The third-order valence-electron chi connectivity index (χ3n) is 3.88. The lowest BCUT2D eigenvalue weighted by molar-refractivity contribution is -0.126. The largest absolute Gasteiger partial charge is 0.398 e. The van der Waals surface area contributed by atoms with Crippen LogP contribution < -0.4 is 5.73 Å². The first-order chi connectivity index (χ1) is 10.6. The minimum Gasteiger partial charge on any atom is -0.398 e. The Morgan fingerprint density at radius 3 is 2.73 bits per heavy atom. The molecule has 0 bridgehead atoms. The molecule has 0 aromatic heterocycles. The molecule has 1 aliphatic rings. The van der Waals surface area contributed by atoms with Crippen LogP contribution >= 0.6 is 11.6 Å². The SMILES string of the molecule is Nc1cc(/C=C/C(=O)N2CCc3ccccc3C2)ccc1Cl. The molecule has 0 saturated carbocycles. The van der Waals surface area contributed by atoms with Gasteiger partial charge in [-0.25, -0.2) is 0 Å². The quantitative estimate of drug-likeness (QED) is 0.681. The average molecular weight is 313 g/mol. The van der Waals surface area contributed by atoms with E-state index in [1.165, 1.54) is 11.1 Å². The number of fused-ring (bicyclic) bond motifs is 1. The first-order valence-corrected chi connectivity index (χ1v) is 7.60. The fourth-order valence-electron chi connectivity index (χ4n) is 2.62. The monoisotopic (exact) mass is 312 g/mol. The molecule has 2 aromatic rings. The van der Waals surface area contributed by atoms with Crippen LogP contribution in [0.25, 0.3) is 6.08 Å². The van der Waals surface area contributed by atoms with Gasteiger partial charge in [-0.2, -0.15) is 0 Å². The fourth-order valence-corrected chi connectivity index (χ4v) is 2.74. The lowest BCUT2D eigenvalue weighted by Gasteiger charge is -2.27. The first kappa shape index (κ1) is 14.7. The van der Waals surface area contributed by atoms with Crippen molar-refractivity contribution >= 4 is 29.3 Å². The molecule has 0 atom stereocenters. The number of hydrogen-bond donors (Lipinski definition) is 1. The van der Waals surface area contributed by atoms with Gasteiger partial charge in [-0.15, -0.1) is 0 Å². The molecule has 3 nitrogen and oxygen atoms in total. The van der Waals surface area contributed by atoms with Crippen molar-refractivity contribution < 1.29 is 4.79 Å². The van der Waals surface area contributed by atoms with E-state index in [9.17, 15) is 4.79 Å². The van der Waals surface area contributed by atoms with Gasteiger partial charge in [-0.3, -0.25) is 4.79 Å². The smallest absolute Gasteiger partial charge is 0.246 e. The second-order valence-electron chi connectivity index (χ2n) is 5.39. The molecular weight excluding hydrogens is 296 g/mol. The van der Waals surface area contributed by atoms with Gasteiger partial charge in [0.25, 0.3) is 0 Å². The summed E-state index contributed by atoms with van der Waals surface area (Å²) >= 11 is 5.89. The molecule has 0 aliphatic carbocycles. The summed E-state index contributed by atoms with van der Waals surface area (Å²) in [6.07, 6.45) is 4.27. The zero-order valence-electron chi connectivity index (χ0n) is 12.1. The van der Waals surface area contributed by atoms with E-state index >= 15 is 0 Å². The molecule has 0 unspecified atom stereocenters. The molecule has 0 spiro atoms. The van der Waals surface area contributed by atoms with Crippen LogP contribution in [0.15, 0.2) is 48.5 Å². The van der Waals surface area contributed by atoms with E-state index in [0.29, 0.717) is 17.3 Å². The number of carbonyl (C=O) groups is 1. The molecule has 112 valence electrons.